The summed E-state index contributed by atoms with van der Waals surface area (Å²) in [6.07, 6.45) is 2.57. The van der Waals surface area contributed by atoms with Crippen LogP contribution in [0.2, 0.25) is 0 Å². The summed E-state index contributed by atoms with van der Waals surface area (Å²) < 4.78 is 10.7. The molecule has 0 aromatic heterocycles. The van der Waals surface area contributed by atoms with Crippen molar-refractivity contribution in [2.24, 2.45) is 5.92 Å². The molecule has 1 aliphatic rings. The van der Waals surface area contributed by atoms with E-state index in [9.17, 15) is 4.79 Å². The van der Waals surface area contributed by atoms with E-state index in [1.807, 2.05) is 24.3 Å². The van der Waals surface area contributed by atoms with Crippen LogP contribution in [0.4, 0.5) is 0 Å². The second kappa shape index (κ2) is 9.64. The Morgan fingerprint density at radius 1 is 1.46 bits per heavy atom. The minimum absolute atomic E-state index is 0.0604. The number of amides is 1. The number of piperidine rings is 1. The van der Waals surface area contributed by atoms with Gasteiger partial charge in [-0.15, -0.1) is 0 Å². The number of benzene rings is 1. The normalized spacial score (nSPS) is 19.7. The average molecular weight is 334 g/mol. The Hall–Kier alpha value is -1.59. The molecule has 2 atom stereocenters. The Bertz CT molecular complexity index is 521. The molecule has 2 unspecified atom stereocenters. The maximum absolute atomic E-state index is 11.9. The summed E-state index contributed by atoms with van der Waals surface area (Å²) in [6, 6.07) is 8.05. The van der Waals surface area contributed by atoms with E-state index in [-0.39, 0.29) is 12.5 Å². The highest BCUT2D eigenvalue weighted by Crippen LogP contribution is 2.17. The van der Waals surface area contributed by atoms with Gasteiger partial charge in [0.2, 0.25) is 5.91 Å². The third-order valence-electron chi connectivity index (χ3n) is 4.54. The van der Waals surface area contributed by atoms with Crippen molar-refractivity contribution in [3.63, 3.8) is 0 Å². The summed E-state index contributed by atoms with van der Waals surface area (Å²) in [5.41, 5.74) is 0.998. The Kier molecular flexibility index (Phi) is 7.53. The molecule has 0 saturated carbocycles. The van der Waals surface area contributed by atoms with Crippen LogP contribution in [0.3, 0.4) is 0 Å². The Morgan fingerprint density at radius 2 is 2.29 bits per heavy atom. The van der Waals surface area contributed by atoms with Crippen molar-refractivity contribution in [2.75, 3.05) is 33.4 Å². The van der Waals surface area contributed by atoms with Crippen molar-refractivity contribution >= 4 is 5.91 Å². The van der Waals surface area contributed by atoms with Gasteiger partial charge < -0.3 is 14.8 Å². The fourth-order valence-corrected chi connectivity index (χ4v) is 3.09. The second-order valence-electron chi connectivity index (χ2n) is 6.74. The van der Waals surface area contributed by atoms with Gasteiger partial charge in [0.25, 0.3) is 0 Å². The average Bonchev–Trinajstić information content (AvgIpc) is 2.60. The molecule has 0 spiro atoms. The molecule has 24 heavy (non-hydrogen) atoms. The number of nitrogens with zero attached hydrogens (tertiary/aromatic N) is 1. The van der Waals surface area contributed by atoms with Crippen molar-refractivity contribution in [1.82, 2.24) is 10.2 Å². The lowest BCUT2D eigenvalue weighted by molar-refractivity contribution is -0.126. The molecule has 1 aromatic rings. The van der Waals surface area contributed by atoms with Crippen molar-refractivity contribution < 1.29 is 14.3 Å². The molecule has 1 amide bonds. The van der Waals surface area contributed by atoms with Crippen molar-refractivity contribution in [3.8, 4) is 5.75 Å². The van der Waals surface area contributed by atoms with E-state index in [1.54, 1.807) is 7.11 Å². The van der Waals surface area contributed by atoms with Crippen molar-refractivity contribution in [3.05, 3.63) is 29.8 Å². The topological polar surface area (TPSA) is 50.8 Å². The van der Waals surface area contributed by atoms with Gasteiger partial charge in [-0.25, -0.2) is 0 Å². The summed E-state index contributed by atoms with van der Waals surface area (Å²) in [6.45, 7) is 7.90. The van der Waals surface area contributed by atoms with Gasteiger partial charge in [-0.05, 0) is 49.9 Å². The molecule has 1 heterocycles. The highest BCUT2D eigenvalue weighted by atomic mass is 16.5. The van der Waals surface area contributed by atoms with Gasteiger partial charge in [0, 0.05) is 19.1 Å². The van der Waals surface area contributed by atoms with E-state index < -0.39 is 0 Å². The first-order chi connectivity index (χ1) is 11.6. The lowest BCUT2D eigenvalue weighted by Crippen LogP contribution is -2.46. The van der Waals surface area contributed by atoms with Crippen molar-refractivity contribution in [2.45, 2.75) is 39.3 Å². The van der Waals surface area contributed by atoms with Crippen LogP contribution < -0.4 is 10.1 Å². The van der Waals surface area contributed by atoms with Crippen LogP contribution in [-0.2, 0) is 16.1 Å². The fraction of sp³-hybridized carbons (Fsp3) is 0.632. The monoisotopic (exact) mass is 334 g/mol. The molecule has 0 radical (unpaired) electrons. The zero-order valence-corrected chi connectivity index (χ0v) is 15.1. The lowest BCUT2D eigenvalue weighted by Gasteiger charge is -2.35. The molecule has 0 aliphatic carbocycles. The van der Waals surface area contributed by atoms with Gasteiger partial charge in [0.05, 0.1) is 13.7 Å². The molecule has 2 rings (SSSR count). The molecule has 5 nitrogen and oxygen atoms in total. The second-order valence-corrected chi connectivity index (χ2v) is 6.74. The number of methoxy groups -OCH3 is 1. The summed E-state index contributed by atoms with van der Waals surface area (Å²) in [4.78, 5) is 14.4. The van der Waals surface area contributed by atoms with Crippen LogP contribution in [0.25, 0.3) is 0 Å². The van der Waals surface area contributed by atoms with E-state index in [1.165, 1.54) is 12.8 Å². The SMILES string of the molecule is COc1cccc(COCC(=O)NCC(C)N2CCCC(C)C2)c1. The maximum Gasteiger partial charge on any atom is 0.246 e. The zero-order chi connectivity index (χ0) is 17.4. The number of carbonyl (C=O) groups is 1. The quantitative estimate of drug-likeness (QED) is 0.793. The van der Waals surface area contributed by atoms with Gasteiger partial charge in [0.1, 0.15) is 12.4 Å². The summed E-state index contributed by atoms with van der Waals surface area (Å²) >= 11 is 0. The first-order valence-corrected chi connectivity index (χ1v) is 8.80. The van der Waals surface area contributed by atoms with Gasteiger partial charge in [0.15, 0.2) is 0 Å². The minimum Gasteiger partial charge on any atom is -0.497 e. The van der Waals surface area contributed by atoms with Gasteiger partial charge in [-0.1, -0.05) is 19.1 Å². The molecular weight excluding hydrogens is 304 g/mol. The number of hydrogen-bond donors (Lipinski definition) is 1. The van der Waals surface area contributed by atoms with Crippen LogP contribution in [0.15, 0.2) is 24.3 Å². The molecule has 134 valence electrons. The highest BCUT2D eigenvalue weighted by Gasteiger charge is 2.21. The number of hydrogen-bond acceptors (Lipinski definition) is 4. The molecule has 1 N–H and O–H groups in total. The number of nitrogens with one attached hydrogen (secondary N) is 1. The molecule has 5 heteroatoms. The third-order valence-corrected chi connectivity index (χ3v) is 4.54. The fourth-order valence-electron chi connectivity index (χ4n) is 3.09. The Balaban J connectivity index is 1.64. The molecule has 1 aromatic carbocycles. The summed E-state index contributed by atoms with van der Waals surface area (Å²) in [7, 11) is 1.64. The molecule has 1 aliphatic heterocycles. The van der Waals surface area contributed by atoms with Crippen LogP contribution in [0.5, 0.6) is 5.75 Å². The summed E-state index contributed by atoms with van der Waals surface area (Å²) in [5, 5.41) is 2.97. The standard InChI is InChI=1S/C19H30N2O3/c1-15-6-5-9-21(12-15)16(2)11-20-19(22)14-24-13-17-7-4-8-18(10-17)23-3/h4,7-8,10,15-16H,5-6,9,11-14H2,1-3H3,(H,20,22). The van der Waals surface area contributed by atoms with Crippen LogP contribution >= 0.6 is 0 Å². The zero-order valence-electron chi connectivity index (χ0n) is 15.1. The maximum atomic E-state index is 11.9. The molecular formula is C19H30N2O3. The predicted octanol–water partition coefficient (Wildman–Crippen LogP) is 2.45. The number of carbonyl (C=O) groups excluding carboxylic acids is 1. The van der Waals surface area contributed by atoms with E-state index in [0.717, 1.165) is 30.3 Å². The number of likely N-dealkylation sites (tertiary alicyclic amines) is 1. The van der Waals surface area contributed by atoms with Crippen LogP contribution in [0.1, 0.15) is 32.3 Å². The van der Waals surface area contributed by atoms with Gasteiger partial charge in [-0.3, -0.25) is 9.69 Å². The van der Waals surface area contributed by atoms with Crippen LogP contribution in [0, 0.1) is 5.92 Å². The third kappa shape index (κ3) is 6.13. The lowest BCUT2D eigenvalue weighted by atomic mass is 9.99. The number of rotatable bonds is 8. The molecule has 1 saturated heterocycles. The predicted molar refractivity (Wildman–Crippen MR) is 95.1 cm³/mol. The largest absolute Gasteiger partial charge is 0.497 e. The molecule has 0 bridgehead atoms. The minimum atomic E-state index is -0.0604. The van der Waals surface area contributed by atoms with Crippen LogP contribution in [-0.4, -0.2) is 50.2 Å². The van der Waals surface area contributed by atoms with E-state index in [0.29, 0.717) is 19.2 Å². The smallest absolute Gasteiger partial charge is 0.246 e. The van der Waals surface area contributed by atoms with Gasteiger partial charge in [-0.2, -0.15) is 0 Å². The van der Waals surface area contributed by atoms with Gasteiger partial charge >= 0.3 is 0 Å². The van der Waals surface area contributed by atoms with E-state index in [4.69, 9.17) is 9.47 Å². The highest BCUT2D eigenvalue weighted by molar-refractivity contribution is 5.77. The van der Waals surface area contributed by atoms with E-state index in [2.05, 4.69) is 24.1 Å². The Morgan fingerprint density at radius 3 is 3.04 bits per heavy atom. The molecule has 1 fully saturated rings. The Labute approximate surface area is 145 Å². The summed E-state index contributed by atoms with van der Waals surface area (Å²) in [5.74, 6) is 1.49. The first-order valence-electron chi connectivity index (χ1n) is 8.80. The van der Waals surface area contributed by atoms with Crippen molar-refractivity contribution in [1.29, 1.82) is 0 Å². The van der Waals surface area contributed by atoms with E-state index >= 15 is 0 Å². The first kappa shape index (κ1) is 18.7. The number of ether oxygens (including phenoxy) is 2.